The SMILES string of the molecule is CCCCc1nc2c(N)nc3ccccc3c2n1Cc1ccc(CN(CCC2CCC2)C(C)C)cc1. The van der Waals surface area contributed by atoms with E-state index in [2.05, 4.69) is 71.6 Å². The zero-order chi connectivity index (χ0) is 25.1. The molecule has 2 aromatic heterocycles. The molecule has 0 aliphatic heterocycles. The number of nitrogens with two attached hydrogens (primary N) is 1. The fourth-order valence-electron chi connectivity index (χ4n) is 5.42. The van der Waals surface area contributed by atoms with Crippen LogP contribution in [0.2, 0.25) is 0 Å². The number of aromatic nitrogens is 3. The number of hydrogen-bond donors (Lipinski definition) is 1. The lowest BCUT2D eigenvalue weighted by atomic mass is 9.83. The molecular weight excluding hydrogens is 442 g/mol. The van der Waals surface area contributed by atoms with E-state index in [-0.39, 0.29) is 0 Å². The Morgan fingerprint density at radius 2 is 1.78 bits per heavy atom. The minimum Gasteiger partial charge on any atom is -0.382 e. The Bertz CT molecular complexity index is 1300. The van der Waals surface area contributed by atoms with E-state index in [1.54, 1.807) is 0 Å². The third kappa shape index (κ3) is 5.27. The quantitative estimate of drug-likeness (QED) is 0.250. The van der Waals surface area contributed by atoms with Crippen molar-refractivity contribution < 1.29 is 0 Å². The highest BCUT2D eigenvalue weighted by Crippen LogP contribution is 2.31. The van der Waals surface area contributed by atoms with E-state index in [9.17, 15) is 0 Å². The topological polar surface area (TPSA) is 60.0 Å². The number of aryl methyl sites for hydroxylation is 1. The zero-order valence-electron chi connectivity index (χ0n) is 22.2. The van der Waals surface area contributed by atoms with Gasteiger partial charge in [0.15, 0.2) is 5.82 Å². The minimum atomic E-state index is 0.520. The number of benzene rings is 2. The van der Waals surface area contributed by atoms with Crippen molar-refractivity contribution in [3.63, 3.8) is 0 Å². The van der Waals surface area contributed by atoms with Crippen LogP contribution in [-0.2, 0) is 19.5 Å². The van der Waals surface area contributed by atoms with Gasteiger partial charge in [0.1, 0.15) is 11.3 Å². The largest absolute Gasteiger partial charge is 0.382 e. The summed E-state index contributed by atoms with van der Waals surface area (Å²) in [6, 6.07) is 18.0. The smallest absolute Gasteiger partial charge is 0.152 e. The first-order valence-corrected chi connectivity index (χ1v) is 13.9. The van der Waals surface area contributed by atoms with Crippen molar-refractivity contribution in [3.05, 3.63) is 65.5 Å². The van der Waals surface area contributed by atoms with Gasteiger partial charge in [-0.2, -0.15) is 0 Å². The van der Waals surface area contributed by atoms with Crippen LogP contribution in [0, 0.1) is 5.92 Å². The van der Waals surface area contributed by atoms with Gasteiger partial charge >= 0.3 is 0 Å². The maximum atomic E-state index is 6.38. The molecule has 4 aromatic rings. The van der Waals surface area contributed by atoms with E-state index < -0.39 is 0 Å². The van der Waals surface area contributed by atoms with Crippen LogP contribution in [-0.4, -0.2) is 32.0 Å². The van der Waals surface area contributed by atoms with E-state index in [1.165, 1.54) is 43.4 Å². The van der Waals surface area contributed by atoms with Gasteiger partial charge in [-0.3, -0.25) is 4.90 Å². The third-order valence-corrected chi connectivity index (χ3v) is 7.97. The predicted octanol–water partition coefficient (Wildman–Crippen LogP) is 6.96. The fourth-order valence-corrected chi connectivity index (χ4v) is 5.42. The molecule has 0 radical (unpaired) electrons. The van der Waals surface area contributed by atoms with Crippen molar-refractivity contribution in [2.75, 3.05) is 12.3 Å². The molecule has 2 aromatic carbocycles. The van der Waals surface area contributed by atoms with E-state index in [1.807, 2.05) is 12.1 Å². The highest BCUT2D eigenvalue weighted by Gasteiger charge is 2.20. The molecule has 0 spiro atoms. The molecule has 1 fully saturated rings. The summed E-state index contributed by atoms with van der Waals surface area (Å²) in [7, 11) is 0. The number of imidazole rings is 1. The van der Waals surface area contributed by atoms with Crippen LogP contribution in [0.25, 0.3) is 21.9 Å². The second-order valence-electron chi connectivity index (χ2n) is 10.9. The molecule has 1 aliphatic carbocycles. The summed E-state index contributed by atoms with van der Waals surface area (Å²) in [5.74, 6) is 2.58. The van der Waals surface area contributed by atoms with E-state index >= 15 is 0 Å². The molecule has 36 heavy (non-hydrogen) atoms. The Morgan fingerprint density at radius 1 is 1.03 bits per heavy atom. The maximum Gasteiger partial charge on any atom is 0.152 e. The van der Waals surface area contributed by atoms with Gasteiger partial charge in [-0.05, 0) is 56.3 Å². The molecule has 2 N–H and O–H groups in total. The molecule has 0 unspecified atom stereocenters. The summed E-state index contributed by atoms with van der Waals surface area (Å²) >= 11 is 0. The van der Waals surface area contributed by atoms with E-state index in [0.29, 0.717) is 11.9 Å². The normalized spacial score (nSPS) is 14.4. The third-order valence-electron chi connectivity index (χ3n) is 7.97. The first-order chi connectivity index (χ1) is 17.5. The number of anilines is 1. The molecule has 5 nitrogen and oxygen atoms in total. The van der Waals surface area contributed by atoms with Crippen molar-refractivity contribution >= 4 is 27.8 Å². The van der Waals surface area contributed by atoms with Crippen LogP contribution < -0.4 is 5.73 Å². The second-order valence-corrected chi connectivity index (χ2v) is 10.9. The molecule has 2 heterocycles. The summed E-state index contributed by atoms with van der Waals surface area (Å²) in [5.41, 5.74) is 11.9. The van der Waals surface area contributed by atoms with Crippen LogP contribution in [0.3, 0.4) is 0 Å². The molecule has 0 amide bonds. The average molecular weight is 484 g/mol. The van der Waals surface area contributed by atoms with Gasteiger partial charge in [0.2, 0.25) is 0 Å². The standard InChI is InChI=1S/C31H41N5/c1-4-5-13-28-34-29-30(26-11-6-7-12-27(26)33-31(29)32)36(28)21-25-16-14-24(15-17-25)20-35(22(2)3)19-18-23-9-8-10-23/h6-7,11-12,14-17,22-23H,4-5,8-10,13,18-21H2,1-3H3,(H2,32,33). The summed E-state index contributed by atoms with van der Waals surface area (Å²) in [6.45, 7) is 9.88. The van der Waals surface area contributed by atoms with Gasteiger partial charge < -0.3 is 10.3 Å². The zero-order valence-corrected chi connectivity index (χ0v) is 22.2. The molecular formula is C31H41N5. The lowest BCUT2D eigenvalue weighted by Crippen LogP contribution is -2.33. The highest BCUT2D eigenvalue weighted by molar-refractivity contribution is 6.06. The molecule has 5 rings (SSSR count). The van der Waals surface area contributed by atoms with Crippen LogP contribution >= 0.6 is 0 Å². The lowest BCUT2D eigenvalue weighted by Gasteiger charge is -2.31. The monoisotopic (exact) mass is 483 g/mol. The van der Waals surface area contributed by atoms with Gasteiger partial charge in [0.25, 0.3) is 0 Å². The second kappa shape index (κ2) is 11.0. The molecule has 0 bridgehead atoms. The van der Waals surface area contributed by atoms with Crippen molar-refractivity contribution in [1.82, 2.24) is 19.4 Å². The van der Waals surface area contributed by atoms with Crippen molar-refractivity contribution in [2.45, 2.75) is 84.8 Å². The number of para-hydroxylation sites is 1. The molecule has 190 valence electrons. The molecule has 0 saturated heterocycles. The Hall–Kier alpha value is -2.92. The number of nitrogens with zero attached hydrogens (tertiary/aromatic N) is 4. The van der Waals surface area contributed by atoms with Crippen LogP contribution in [0.1, 0.15) is 76.2 Å². The predicted molar refractivity (Wildman–Crippen MR) is 151 cm³/mol. The number of unbranched alkanes of at least 4 members (excludes halogenated alkanes) is 1. The van der Waals surface area contributed by atoms with Crippen molar-refractivity contribution in [3.8, 4) is 0 Å². The molecule has 5 heteroatoms. The van der Waals surface area contributed by atoms with E-state index in [4.69, 9.17) is 10.7 Å². The number of pyridine rings is 1. The van der Waals surface area contributed by atoms with Crippen molar-refractivity contribution in [2.24, 2.45) is 5.92 Å². The number of nitrogen functional groups attached to an aromatic ring is 1. The molecule has 0 atom stereocenters. The van der Waals surface area contributed by atoms with Gasteiger partial charge in [0, 0.05) is 30.9 Å². The van der Waals surface area contributed by atoms with Gasteiger partial charge in [-0.15, -0.1) is 0 Å². The van der Waals surface area contributed by atoms with Gasteiger partial charge in [-0.25, -0.2) is 9.97 Å². The first-order valence-electron chi connectivity index (χ1n) is 13.9. The summed E-state index contributed by atoms with van der Waals surface area (Å²) in [4.78, 5) is 12.2. The number of hydrogen-bond acceptors (Lipinski definition) is 4. The Morgan fingerprint density at radius 3 is 2.47 bits per heavy atom. The van der Waals surface area contributed by atoms with Gasteiger partial charge in [0.05, 0.1) is 11.0 Å². The summed E-state index contributed by atoms with van der Waals surface area (Å²) in [6.07, 6.45) is 8.83. The Balaban J connectivity index is 1.40. The van der Waals surface area contributed by atoms with Gasteiger partial charge in [-0.1, -0.05) is 75.1 Å². The van der Waals surface area contributed by atoms with Crippen LogP contribution in [0.4, 0.5) is 5.82 Å². The summed E-state index contributed by atoms with van der Waals surface area (Å²) < 4.78 is 2.37. The maximum absolute atomic E-state index is 6.38. The Labute approximate surface area is 215 Å². The summed E-state index contributed by atoms with van der Waals surface area (Å²) in [5, 5.41) is 1.12. The lowest BCUT2D eigenvalue weighted by molar-refractivity contribution is 0.175. The minimum absolute atomic E-state index is 0.520. The molecule has 1 aliphatic rings. The van der Waals surface area contributed by atoms with Crippen LogP contribution in [0.15, 0.2) is 48.5 Å². The van der Waals surface area contributed by atoms with E-state index in [0.717, 1.165) is 66.0 Å². The fraction of sp³-hybridized carbons (Fsp3) is 0.484. The Kier molecular flexibility index (Phi) is 7.56. The molecule has 1 saturated carbocycles. The van der Waals surface area contributed by atoms with Crippen molar-refractivity contribution in [1.29, 1.82) is 0 Å². The first kappa shape index (κ1) is 24.8. The number of rotatable bonds is 11. The average Bonchev–Trinajstić information content (AvgIpc) is 3.21. The number of fused-ring (bicyclic) bond motifs is 3. The van der Waals surface area contributed by atoms with Crippen LogP contribution in [0.5, 0.6) is 0 Å². The highest BCUT2D eigenvalue weighted by atomic mass is 15.1.